The van der Waals surface area contributed by atoms with Crippen LogP contribution in [0.25, 0.3) is 5.76 Å². The number of carbonyl (C=O) groups excluding carboxylic acids is 1. The molecule has 0 radical (unpaired) electrons. The molecule has 0 heterocycles. The van der Waals surface area contributed by atoms with Gasteiger partial charge in [0.2, 0.25) is 0 Å². The molecule has 0 bridgehead atoms. The molecule has 3 rings (SSSR count). The number of aliphatic hydroxyl groups excluding tert-OH is 1. The summed E-state index contributed by atoms with van der Waals surface area (Å²) in [5, 5.41) is 14.0. The molecule has 0 atom stereocenters. The maximum atomic E-state index is 13.0. The van der Waals surface area contributed by atoms with E-state index in [2.05, 4.69) is 10.3 Å². The number of nitrogens with zero attached hydrogens (tertiary/aromatic N) is 1. The van der Waals surface area contributed by atoms with E-state index in [1.54, 1.807) is 48.5 Å². The van der Waals surface area contributed by atoms with Crippen molar-refractivity contribution in [2.24, 2.45) is 4.99 Å². The Morgan fingerprint density at radius 2 is 1.38 bits per heavy atom. The van der Waals surface area contributed by atoms with E-state index in [-0.39, 0.29) is 22.2 Å². The van der Waals surface area contributed by atoms with Gasteiger partial charge in [-0.15, -0.1) is 0 Å². The van der Waals surface area contributed by atoms with Crippen molar-refractivity contribution in [2.45, 2.75) is 6.54 Å². The van der Waals surface area contributed by atoms with Gasteiger partial charge in [-0.05, 0) is 17.8 Å². The van der Waals surface area contributed by atoms with E-state index in [0.717, 1.165) is 5.56 Å². The molecular formula is C24H20N2O2S. The van der Waals surface area contributed by atoms with Gasteiger partial charge in [-0.25, -0.2) is 4.99 Å². The predicted octanol–water partition coefficient (Wildman–Crippen LogP) is 4.98. The van der Waals surface area contributed by atoms with Crippen molar-refractivity contribution >= 4 is 35.1 Å². The molecule has 2 N–H and O–H groups in total. The zero-order chi connectivity index (χ0) is 20.5. The van der Waals surface area contributed by atoms with Gasteiger partial charge in [-0.2, -0.15) is 0 Å². The van der Waals surface area contributed by atoms with Crippen molar-refractivity contribution in [3.8, 4) is 0 Å². The number of benzene rings is 3. The van der Waals surface area contributed by atoms with Gasteiger partial charge in [0.25, 0.3) is 0 Å². The van der Waals surface area contributed by atoms with E-state index in [4.69, 9.17) is 12.2 Å². The van der Waals surface area contributed by atoms with E-state index < -0.39 is 0 Å². The molecule has 4 nitrogen and oxygen atoms in total. The van der Waals surface area contributed by atoms with Gasteiger partial charge in [-0.3, -0.25) is 4.79 Å². The summed E-state index contributed by atoms with van der Waals surface area (Å²) in [6.07, 6.45) is 1.32. The maximum absolute atomic E-state index is 13.0. The minimum atomic E-state index is -0.332. The number of hydrogen-bond acceptors (Lipinski definition) is 3. The van der Waals surface area contributed by atoms with Crippen LogP contribution in [-0.4, -0.2) is 22.2 Å². The van der Waals surface area contributed by atoms with Crippen LogP contribution in [0.15, 0.2) is 102 Å². The van der Waals surface area contributed by atoms with Crippen molar-refractivity contribution in [1.29, 1.82) is 0 Å². The SMILES string of the molecule is O=C(C(/C=N/C(=S)NCc1ccccc1)=C(/O)c1ccccc1)c1ccccc1. The van der Waals surface area contributed by atoms with E-state index in [1.807, 2.05) is 42.5 Å². The number of allylic oxidation sites excluding steroid dienone is 1. The Morgan fingerprint density at radius 3 is 1.97 bits per heavy atom. The minimum absolute atomic E-state index is 0.0752. The summed E-state index contributed by atoms with van der Waals surface area (Å²) >= 11 is 5.25. The molecule has 0 aliphatic heterocycles. The monoisotopic (exact) mass is 400 g/mol. The Morgan fingerprint density at radius 1 is 0.862 bits per heavy atom. The zero-order valence-corrected chi connectivity index (χ0v) is 16.5. The van der Waals surface area contributed by atoms with Crippen LogP contribution in [0.4, 0.5) is 0 Å². The fourth-order valence-corrected chi connectivity index (χ4v) is 2.79. The lowest BCUT2D eigenvalue weighted by molar-refractivity contribution is 0.104. The zero-order valence-electron chi connectivity index (χ0n) is 15.7. The van der Waals surface area contributed by atoms with Gasteiger partial charge >= 0.3 is 0 Å². The smallest absolute Gasteiger partial charge is 0.198 e. The first-order chi connectivity index (χ1) is 14.1. The van der Waals surface area contributed by atoms with E-state index in [1.165, 1.54) is 6.21 Å². The van der Waals surface area contributed by atoms with Gasteiger partial charge in [0.1, 0.15) is 5.76 Å². The highest BCUT2D eigenvalue weighted by Crippen LogP contribution is 2.18. The summed E-state index contributed by atoms with van der Waals surface area (Å²) in [5.41, 5.74) is 2.13. The molecule has 0 unspecified atom stereocenters. The first-order valence-corrected chi connectivity index (χ1v) is 9.50. The number of Topliss-reactive ketones (excluding diaryl/α,β-unsaturated/α-hetero) is 1. The molecule has 0 spiro atoms. The average molecular weight is 401 g/mol. The highest BCUT2D eigenvalue weighted by atomic mass is 32.1. The molecule has 144 valence electrons. The number of thiocarbonyl (C=S) groups is 1. The fraction of sp³-hybridized carbons (Fsp3) is 0.0417. The number of hydrogen-bond donors (Lipinski definition) is 2. The van der Waals surface area contributed by atoms with Crippen LogP contribution < -0.4 is 5.32 Å². The highest BCUT2D eigenvalue weighted by molar-refractivity contribution is 7.80. The van der Waals surface area contributed by atoms with Crippen molar-refractivity contribution in [2.75, 3.05) is 0 Å². The molecular weight excluding hydrogens is 380 g/mol. The molecule has 0 aliphatic carbocycles. The molecule has 0 aliphatic rings. The first kappa shape index (κ1) is 20.2. The topological polar surface area (TPSA) is 61.7 Å². The summed E-state index contributed by atoms with van der Waals surface area (Å²) in [6.45, 7) is 0.521. The van der Waals surface area contributed by atoms with Crippen LogP contribution in [-0.2, 0) is 6.54 Å². The van der Waals surface area contributed by atoms with Crippen molar-refractivity contribution in [3.05, 3.63) is 113 Å². The summed E-state index contributed by atoms with van der Waals surface area (Å²) in [4.78, 5) is 17.2. The highest BCUT2D eigenvalue weighted by Gasteiger charge is 2.17. The minimum Gasteiger partial charge on any atom is -0.506 e. The summed E-state index contributed by atoms with van der Waals surface area (Å²) in [6, 6.07) is 27.4. The second kappa shape index (κ2) is 10.1. The largest absolute Gasteiger partial charge is 0.506 e. The second-order valence-electron chi connectivity index (χ2n) is 6.23. The summed E-state index contributed by atoms with van der Waals surface area (Å²) in [7, 11) is 0. The Bertz CT molecular complexity index is 1030. The van der Waals surface area contributed by atoms with Gasteiger partial charge in [0.05, 0.1) is 5.57 Å². The van der Waals surface area contributed by atoms with E-state index in [0.29, 0.717) is 17.7 Å². The third kappa shape index (κ3) is 5.70. The quantitative estimate of drug-likeness (QED) is 0.201. The van der Waals surface area contributed by atoms with Crippen LogP contribution in [0.3, 0.4) is 0 Å². The molecule has 0 fully saturated rings. The molecule has 29 heavy (non-hydrogen) atoms. The maximum Gasteiger partial charge on any atom is 0.198 e. The molecule has 0 aromatic heterocycles. The van der Waals surface area contributed by atoms with Gasteiger partial charge in [-0.1, -0.05) is 91.0 Å². The summed E-state index contributed by atoms with van der Waals surface area (Å²) in [5.74, 6) is -0.476. The molecule has 0 saturated carbocycles. The van der Waals surface area contributed by atoms with Gasteiger partial charge in [0.15, 0.2) is 10.9 Å². The predicted molar refractivity (Wildman–Crippen MR) is 121 cm³/mol. The third-order valence-corrected chi connectivity index (χ3v) is 4.43. The Balaban J connectivity index is 1.84. The number of aliphatic hydroxyl groups is 1. The van der Waals surface area contributed by atoms with Gasteiger partial charge in [0, 0.05) is 23.9 Å². The van der Waals surface area contributed by atoms with Crippen LogP contribution >= 0.6 is 12.2 Å². The standard InChI is InChI=1S/C24H20N2O2S/c27-22(19-12-6-2-7-13-19)21(23(28)20-14-8-3-9-15-20)17-26-24(29)25-16-18-10-4-1-5-11-18/h1-15,17,27H,16H2,(H,25,29)/b22-21+,26-17+. The molecule has 5 heteroatoms. The van der Waals surface area contributed by atoms with Crippen molar-refractivity contribution < 1.29 is 9.90 Å². The lowest BCUT2D eigenvalue weighted by Gasteiger charge is -2.08. The molecule has 3 aromatic rings. The average Bonchev–Trinajstić information content (AvgIpc) is 2.79. The van der Waals surface area contributed by atoms with Crippen LogP contribution in [0.5, 0.6) is 0 Å². The van der Waals surface area contributed by atoms with E-state index in [9.17, 15) is 9.90 Å². The summed E-state index contributed by atoms with van der Waals surface area (Å²) < 4.78 is 0. The normalized spacial score (nSPS) is 11.7. The van der Waals surface area contributed by atoms with Crippen LogP contribution in [0.1, 0.15) is 21.5 Å². The van der Waals surface area contributed by atoms with Gasteiger partial charge < -0.3 is 10.4 Å². The van der Waals surface area contributed by atoms with Crippen LogP contribution in [0, 0.1) is 0 Å². The number of aliphatic imine (C=N–C) groups is 1. The molecule has 0 saturated heterocycles. The van der Waals surface area contributed by atoms with Crippen molar-refractivity contribution in [1.82, 2.24) is 5.32 Å². The van der Waals surface area contributed by atoms with Crippen LogP contribution in [0.2, 0.25) is 0 Å². The fourth-order valence-electron chi connectivity index (χ4n) is 2.67. The Hall–Kier alpha value is -3.57. The number of carbonyl (C=O) groups is 1. The lowest BCUT2D eigenvalue weighted by Crippen LogP contribution is -2.19. The Labute approximate surface area is 175 Å². The first-order valence-electron chi connectivity index (χ1n) is 9.09. The molecule has 3 aromatic carbocycles. The van der Waals surface area contributed by atoms with Crippen molar-refractivity contribution in [3.63, 3.8) is 0 Å². The lowest BCUT2D eigenvalue weighted by atomic mass is 10.0. The second-order valence-corrected chi connectivity index (χ2v) is 6.61. The number of rotatable bonds is 6. The Kier molecular flexibility index (Phi) is 7.03. The number of nitrogens with one attached hydrogen (secondary N) is 1. The number of ketones is 1. The third-order valence-electron chi connectivity index (χ3n) is 4.18. The molecule has 0 amide bonds. The van der Waals surface area contributed by atoms with E-state index >= 15 is 0 Å².